The van der Waals surface area contributed by atoms with Crippen molar-refractivity contribution >= 4 is 11.6 Å². The molecule has 1 amide bonds. The fraction of sp³-hybridized carbons (Fsp3) is 0.0714. The molecule has 0 bridgehead atoms. The van der Waals surface area contributed by atoms with Crippen LogP contribution in [-0.4, -0.2) is 21.8 Å². The molecule has 0 saturated heterocycles. The molecule has 3 N–H and O–H groups in total. The second-order valence-electron chi connectivity index (χ2n) is 7.56. The van der Waals surface area contributed by atoms with Crippen LogP contribution in [0.2, 0.25) is 0 Å². The van der Waals surface area contributed by atoms with Gasteiger partial charge in [0.15, 0.2) is 5.60 Å². The Labute approximate surface area is 192 Å². The predicted octanol–water partition coefficient (Wildman–Crippen LogP) is 4.18. The molecule has 4 aromatic carbocycles. The Morgan fingerprint density at radius 1 is 0.697 bits per heavy atom. The van der Waals surface area contributed by atoms with Crippen LogP contribution >= 0.6 is 0 Å². The first-order chi connectivity index (χ1) is 16.1. The topological polar surface area (TPSA) is 81.9 Å². The van der Waals surface area contributed by atoms with Crippen LogP contribution in [0.1, 0.15) is 28.4 Å². The van der Waals surface area contributed by atoms with Crippen molar-refractivity contribution < 1.29 is 15.0 Å². The summed E-state index contributed by atoms with van der Waals surface area (Å²) in [5.41, 5.74) is 2.91. The van der Waals surface area contributed by atoms with E-state index in [0.29, 0.717) is 22.3 Å². The molecule has 0 aromatic heterocycles. The largest absolute Gasteiger partial charge is 0.382 e. The highest BCUT2D eigenvalue weighted by atomic mass is 16.3. The zero-order valence-electron chi connectivity index (χ0n) is 17.9. The number of carbonyl (C=O) groups excluding carboxylic acids is 1. The number of hydrogen-bond acceptors (Lipinski definition) is 4. The minimum Gasteiger partial charge on any atom is -0.382 e. The summed E-state index contributed by atoms with van der Waals surface area (Å²) in [5, 5.41) is 27.0. The Kier molecular flexibility index (Phi) is 6.74. The van der Waals surface area contributed by atoms with Crippen molar-refractivity contribution in [2.24, 2.45) is 5.10 Å². The normalized spacial score (nSPS) is 12.7. The maximum atomic E-state index is 13.4. The number of benzene rings is 4. The van der Waals surface area contributed by atoms with Gasteiger partial charge < -0.3 is 10.2 Å². The highest BCUT2D eigenvalue weighted by Crippen LogP contribution is 2.30. The first-order valence-electron chi connectivity index (χ1n) is 10.6. The smallest absolute Gasteiger partial charge is 0.281 e. The van der Waals surface area contributed by atoms with Gasteiger partial charge in [0.25, 0.3) is 5.91 Å². The molecule has 33 heavy (non-hydrogen) atoms. The maximum absolute atomic E-state index is 13.4. The van der Waals surface area contributed by atoms with Gasteiger partial charge in [0.1, 0.15) is 11.8 Å². The van der Waals surface area contributed by atoms with Gasteiger partial charge in [-0.1, -0.05) is 121 Å². The molecule has 0 aliphatic rings. The Morgan fingerprint density at radius 3 is 1.61 bits per heavy atom. The number of nitrogens with one attached hydrogen (secondary N) is 1. The first-order valence-corrected chi connectivity index (χ1v) is 10.6. The van der Waals surface area contributed by atoms with Crippen LogP contribution in [-0.2, 0) is 10.4 Å². The third-order valence-corrected chi connectivity index (χ3v) is 5.43. The number of amides is 1. The predicted molar refractivity (Wildman–Crippen MR) is 128 cm³/mol. The summed E-state index contributed by atoms with van der Waals surface area (Å²) in [5.74, 6) is -0.728. The van der Waals surface area contributed by atoms with Crippen LogP contribution < -0.4 is 5.43 Å². The monoisotopic (exact) mass is 436 g/mol. The lowest BCUT2D eigenvalue weighted by molar-refractivity contribution is -0.136. The zero-order valence-corrected chi connectivity index (χ0v) is 17.9. The van der Waals surface area contributed by atoms with Crippen LogP contribution in [0.15, 0.2) is 126 Å². The summed E-state index contributed by atoms with van der Waals surface area (Å²) in [6.07, 6.45) is -1.07. The van der Waals surface area contributed by atoms with E-state index in [0.717, 1.165) is 0 Å². The highest BCUT2D eigenvalue weighted by molar-refractivity contribution is 6.05. The quantitative estimate of drug-likeness (QED) is 0.300. The average Bonchev–Trinajstić information content (AvgIpc) is 2.90. The summed E-state index contributed by atoms with van der Waals surface area (Å²) < 4.78 is 0. The molecule has 4 aromatic rings. The van der Waals surface area contributed by atoms with E-state index in [1.165, 1.54) is 0 Å². The number of hydrogen-bond donors (Lipinski definition) is 3. The molecule has 1 unspecified atom stereocenters. The average molecular weight is 437 g/mol. The molecule has 0 fully saturated rings. The molecule has 0 radical (unpaired) electrons. The minimum atomic E-state index is -1.97. The number of hydrazone groups is 1. The van der Waals surface area contributed by atoms with E-state index in [9.17, 15) is 15.0 Å². The number of carbonyl (C=O) groups is 1. The molecule has 0 aliphatic carbocycles. The fourth-order valence-electron chi connectivity index (χ4n) is 3.67. The number of nitrogens with zero attached hydrogens (tertiary/aromatic N) is 1. The summed E-state index contributed by atoms with van der Waals surface area (Å²) in [4.78, 5) is 13.4. The van der Waals surface area contributed by atoms with Crippen LogP contribution in [0.5, 0.6) is 0 Å². The summed E-state index contributed by atoms with van der Waals surface area (Å²) in [6, 6.07) is 35.6. The molecule has 4 rings (SSSR count). The van der Waals surface area contributed by atoms with Crippen molar-refractivity contribution in [3.8, 4) is 0 Å². The standard InChI is InChI=1S/C28H24N2O3/c31-26(22-15-7-2-8-16-22)25(21-13-5-1-6-14-21)29-30-27(32)28(33,23-17-9-3-10-18-23)24-19-11-4-12-20-24/h1-20,26,31,33H,(H,30,32)/b29-25-. The van der Waals surface area contributed by atoms with E-state index in [1.54, 1.807) is 72.8 Å². The number of aliphatic hydroxyl groups excluding tert-OH is 1. The highest BCUT2D eigenvalue weighted by Gasteiger charge is 2.40. The van der Waals surface area contributed by atoms with Gasteiger partial charge in [0.05, 0.1) is 0 Å². The first kappa shape index (κ1) is 22.1. The molecular weight excluding hydrogens is 412 g/mol. The van der Waals surface area contributed by atoms with Gasteiger partial charge in [-0.05, 0) is 16.7 Å². The molecule has 5 heteroatoms. The van der Waals surface area contributed by atoms with Gasteiger partial charge in [0.2, 0.25) is 0 Å². The van der Waals surface area contributed by atoms with Crippen LogP contribution in [0.3, 0.4) is 0 Å². The van der Waals surface area contributed by atoms with E-state index < -0.39 is 17.6 Å². The van der Waals surface area contributed by atoms with Gasteiger partial charge in [-0.3, -0.25) is 4.79 Å². The lowest BCUT2D eigenvalue weighted by Crippen LogP contribution is -2.44. The third kappa shape index (κ3) is 4.75. The third-order valence-electron chi connectivity index (χ3n) is 5.43. The van der Waals surface area contributed by atoms with Crippen molar-refractivity contribution in [2.45, 2.75) is 11.7 Å². The van der Waals surface area contributed by atoms with Crippen molar-refractivity contribution in [1.29, 1.82) is 0 Å². The molecule has 0 heterocycles. The Bertz CT molecular complexity index is 1170. The maximum Gasteiger partial charge on any atom is 0.281 e. The summed E-state index contributed by atoms with van der Waals surface area (Å²) in [7, 11) is 0. The van der Waals surface area contributed by atoms with Crippen LogP contribution in [0.25, 0.3) is 0 Å². The summed E-state index contributed by atoms with van der Waals surface area (Å²) in [6.45, 7) is 0. The van der Waals surface area contributed by atoms with Crippen LogP contribution in [0.4, 0.5) is 0 Å². The Morgan fingerprint density at radius 2 is 1.12 bits per heavy atom. The van der Waals surface area contributed by atoms with Crippen molar-refractivity contribution in [2.75, 3.05) is 0 Å². The molecule has 164 valence electrons. The SMILES string of the molecule is O=C(N/N=C(/c1ccccc1)C(O)c1ccccc1)C(O)(c1ccccc1)c1ccccc1. The van der Waals surface area contributed by atoms with Gasteiger partial charge in [-0.2, -0.15) is 5.10 Å². The molecular formula is C28H24N2O3. The van der Waals surface area contributed by atoms with Crippen molar-refractivity contribution in [3.63, 3.8) is 0 Å². The van der Waals surface area contributed by atoms with E-state index in [1.807, 2.05) is 48.5 Å². The second-order valence-corrected chi connectivity index (χ2v) is 7.56. The molecule has 5 nitrogen and oxygen atoms in total. The molecule has 0 spiro atoms. The van der Waals surface area contributed by atoms with Gasteiger partial charge in [0, 0.05) is 5.56 Å². The molecule has 0 aliphatic heterocycles. The van der Waals surface area contributed by atoms with Gasteiger partial charge in [-0.25, -0.2) is 5.43 Å². The van der Waals surface area contributed by atoms with E-state index >= 15 is 0 Å². The Hall–Kier alpha value is -4.06. The lowest BCUT2D eigenvalue weighted by atomic mass is 9.85. The van der Waals surface area contributed by atoms with E-state index in [2.05, 4.69) is 10.5 Å². The number of rotatable bonds is 7. The van der Waals surface area contributed by atoms with Crippen LogP contribution in [0, 0.1) is 0 Å². The number of aliphatic hydroxyl groups is 2. The second kappa shape index (κ2) is 10.0. The lowest BCUT2D eigenvalue weighted by Gasteiger charge is -2.27. The zero-order chi connectivity index (χ0) is 23.1. The Balaban J connectivity index is 1.73. The minimum absolute atomic E-state index is 0.263. The van der Waals surface area contributed by atoms with Crippen molar-refractivity contribution in [3.05, 3.63) is 144 Å². The molecule has 1 atom stereocenters. The summed E-state index contributed by atoms with van der Waals surface area (Å²) >= 11 is 0. The van der Waals surface area contributed by atoms with Gasteiger partial charge >= 0.3 is 0 Å². The molecule has 0 saturated carbocycles. The van der Waals surface area contributed by atoms with E-state index in [-0.39, 0.29) is 5.71 Å². The van der Waals surface area contributed by atoms with E-state index in [4.69, 9.17) is 0 Å². The van der Waals surface area contributed by atoms with Gasteiger partial charge in [-0.15, -0.1) is 0 Å². The van der Waals surface area contributed by atoms with Crippen molar-refractivity contribution in [1.82, 2.24) is 5.43 Å². The fourth-order valence-corrected chi connectivity index (χ4v) is 3.67.